The van der Waals surface area contributed by atoms with Crippen LogP contribution in [0.5, 0.6) is 5.88 Å². The Kier molecular flexibility index (Phi) is 5.15. The number of methoxy groups -OCH3 is 1. The lowest BCUT2D eigenvalue weighted by Crippen LogP contribution is -2.11. The standard InChI is InChI=1S/C12H21N3O2/c1-8(2)10-14-11(13-4)9(3)12(15-10)17-7-6-16-5/h8H,6-7H2,1-5H3,(H,13,14,15). The molecule has 0 saturated heterocycles. The van der Waals surface area contributed by atoms with Gasteiger partial charge in [0.2, 0.25) is 5.88 Å². The molecule has 0 amide bonds. The van der Waals surface area contributed by atoms with Crippen molar-refractivity contribution in [1.29, 1.82) is 0 Å². The van der Waals surface area contributed by atoms with Gasteiger partial charge in [0, 0.05) is 20.1 Å². The van der Waals surface area contributed by atoms with E-state index in [0.717, 1.165) is 17.2 Å². The van der Waals surface area contributed by atoms with Crippen molar-refractivity contribution in [3.63, 3.8) is 0 Å². The van der Waals surface area contributed by atoms with Crippen molar-refractivity contribution >= 4 is 5.82 Å². The zero-order valence-corrected chi connectivity index (χ0v) is 11.2. The number of nitrogens with one attached hydrogen (secondary N) is 1. The van der Waals surface area contributed by atoms with Crippen LogP contribution >= 0.6 is 0 Å². The maximum absolute atomic E-state index is 5.59. The molecule has 0 radical (unpaired) electrons. The van der Waals surface area contributed by atoms with Crippen LogP contribution in [-0.2, 0) is 4.74 Å². The van der Waals surface area contributed by atoms with Gasteiger partial charge in [0.25, 0.3) is 0 Å². The molecule has 0 aliphatic rings. The number of nitrogens with zero attached hydrogens (tertiary/aromatic N) is 2. The largest absolute Gasteiger partial charge is 0.475 e. The van der Waals surface area contributed by atoms with E-state index in [1.54, 1.807) is 7.11 Å². The van der Waals surface area contributed by atoms with E-state index in [9.17, 15) is 0 Å². The predicted octanol–water partition coefficient (Wildman–Crippen LogP) is 1.98. The lowest BCUT2D eigenvalue weighted by molar-refractivity contribution is 0.143. The van der Waals surface area contributed by atoms with Gasteiger partial charge in [-0.25, -0.2) is 4.98 Å². The number of rotatable bonds is 6. The summed E-state index contributed by atoms with van der Waals surface area (Å²) in [6, 6.07) is 0. The lowest BCUT2D eigenvalue weighted by Gasteiger charge is -2.14. The summed E-state index contributed by atoms with van der Waals surface area (Å²) >= 11 is 0. The Morgan fingerprint density at radius 2 is 1.94 bits per heavy atom. The first-order valence-electron chi connectivity index (χ1n) is 5.78. The Morgan fingerprint density at radius 1 is 1.24 bits per heavy atom. The van der Waals surface area contributed by atoms with Gasteiger partial charge in [-0.2, -0.15) is 4.98 Å². The van der Waals surface area contributed by atoms with Crippen molar-refractivity contribution in [1.82, 2.24) is 9.97 Å². The smallest absolute Gasteiger partial charge is 0.221 e. The van der Waals surface area contributed by atoms with E-state index in [4.69, 9.17) is 9.47 Å². The molecule has 0 saturated carbocycles. The molecule has 1 rings (SSSR count). The van der Waals surface area contributed by atoms with Crippen molar-refractivity contribution < 1.29 is 9.47 Å². The Bertz CT molecular complexity index is 367. The van der Waals surface area contributed by atoms with E-state index >= 15 is 0 Å². The lowest BCUT2D eigenvalue weighted by atomic mass is 10.2. The van der Waals surface area contributed by atoms with E-state index in [-0.39, 0.29) is 5.92 Å². The number of anilines is 1. The normalized spacial score (nSPS) is 10.7. The molecule has 1 aromatic rings. The van der Waals surface area contributed by atoms with Gasteiger partial charge >= 0.3 is 0 Å². The van der Waals surface area contributed by atoms with Crippen molar-refractivity contribution in [2.45, 2.75) is 26.7 Å². The van der Waals surface area contributed by atoms with Gasteiger partial charge < -0.3 is 14.8 Å². The highest BCUT2D eigenvalue weighted by Gasteiger charge is 2.13. The molecule has 1 aromatic heterocycles. The van der Waals surface area contributed by atoms with Gasteiger partial charge in [-0.15, -0.1) is 0 Å². The highest BCUT2D eigenvalue weighted by atomic mass is 16.5. The monoisotopic (exact) mass is 239 g/mol. The van der Waals surface area contributed by atoms with Crippen LogP contribution in [0.2, 0.25) is 0 Å². The Balaban J connectivity index is 2.96. The van der Waals surface area contributed by atoms with Gasteiger partial charge in [0.1, 0.15) is 18.2 Å². The molecule has 0 aromatic carbocycles. The molecule has 0 spiro atoms. The molecular weight excluding hydrogens is 218 g/mol. The summed E-state index contributed by atoms with van der Waals surface area (Å²) in [6.45, 7) is 7.11. The molecule has 0 unspecified atom stereocenters. The summed E-state index contributed by atoms with van der Waals surface area (Å²) < 4.78 is 10.5. The maximum Gasteiger partial charge on any atom is 0.221 e. The van der Waals surface area contributed by atoms with Gasteiger partial charge in [-0.1, -0.05) is 13.8 Å². The van der Waals surface area contributed by atoms with E-state index in [0.29, 0.717) is 19.1 Å². The summed E-state index contributed by atoms with van der Waals surface area (Å²) in [6.07, 6.45) is 0. The molecule has 1 heterocycles. The zero-order chi connectivity index (χ0) is 12.8. The minimum Gasteiger partial charge on any atom is -0.475 e. The maximum atomic E-state index is 5.59. The first-order chi connectivity index (χ1) is 8.10. The molecule has 96 valence electrons. The van der Waals surface area contributed by atoms with Crippen molar-refractivity contribution in [3.05, 3.63) is 11.4 Å². The van der Waals surface area contributed by atoms with Crippen molar-refractivity contribution in [3.8, 4) is 5.88 Å². The summed E-state index contributed by atoms with van der Waals surface area (Å²) in [5.41, 5.74) is 0.924. The quantitative estimate of drug-likeness (QED) is 0.769. The van der Waals surface area contributed by atoms with Gasteiger partial charge in [-0.3, -0.25) is 0 Å². The molecule has 0 fully saturated rings. The van der Waals surface area contributed by atoms with Gasteiger partial charge in [0.15, 0.2) is 0 Å². The zero-order valence-electron chi connectivity index (χ0n) is 11.2. The fourth-order valence-corrected chi connectivity index (χ4v) is 1.38. The van der Waals surface area contributed by atoms with Crippen LogP contribution in [0.15, 0.2) is 0 Å². The van der Waals surface area contributed by atoms with Crippen LogP contribution in [0.1, 0.15) is 31.2 Å². The fraction of sp³-hybridized carbons (Fsp3) is 0.667. The van der Waals surface area contributed by atoms with E-state index in [2.05, 4.69) is 29.1 Å². The highest BCUT2D eigenvalue weighted by Crippen LogP contribution is 2.24. The fourth-order valence-electron chi connectivity index (χ4n) is 1.38. The first-order valence-corrected chi connectivity index (χ1v) is 5.78. The number of hydrogen-bond donors (Lipinski definition) is 1. The summed E-state index contributed by atoms with van der Waals surface area (Å²) in [5, 5.41) is 3.06. The Morgan fingerprint density at radius 3 is 2.47 bits per heavy atom. The SMILES string of the molecule is CNc1nc(C(C)C)nc(OCCOC)c1C. The summed E-state index contributed by atoms with van der Waals surface area (Å²) in [7, 11) is 3.49. The first kappa shape index (κ1) is 13.7. The Hall–Kier alpha value is -1.36. The van der Waals surface area contributed by atoms with Crippen LogP contribution < -0.4 is 10.1 Å². The predicted molar refractivity (Wildman–Crippen MR) is 67.8 cm³/mol. The third-order valence-corrected chi connectivity index (χ3v) is 2.40. The van der Waals surface area contributed by atoms with E-state index < -0.39 is 0 Å². The average Bonchev–Trinajstić information content (AvgIpc) is 2.31. The summed E-state index contributed by atoms with van der Waals surface area (Å²) in [5.74, 6) is 2.50. The molecule has 0 aliphatic heterocycles. The molecule has 5 nitrogen and oxygen atoms in total. The molecular formula is C12H21N3O2. The third-order valence-electron chi connectivity index (χ3n) is 2.40. The molecule has 0 aliphatic carbocycles. The molecule has 5 heteroatoms. The number of hydrogen-bond acceptors (Lipinski definition) is 5. The average molecular weight is 239 g/mol. The van der Waals surface area contributed by atoms with Gasteiger partial charge in [-0.05, 0) is 6.92 Å². The minimum absolute atomic E-state index is 0.271. The van der Waals surface area contributed by atoms with Crippen LogP contribution in [0.25, 0.3) is 0 Å². The molecule has 1 N–H and O–H groups in total. The van der Waals surface area contributed by atoms with Gasteiger partial charge in [0.05, 0.1) is 12.2 Å². The van der Waals surface area contributed by atoms with Crippen molar-refractivity contribution in [2.24, 2.45) is 0 Å². The number of ether oxygens (including phenoxy) is 2. The van der Waals surface area contributed by atoms with Crippen LogP contribution in [0, 0.1) is 6.92 Å². The number of aromatic nitrogens is 2. The second-order valence-corrected chi connectivity index (χ2v) is 4.11. The van der Waals surface area contributed by atoms with Crippen LogP contribution in [0.3, 0.4) is 0 Å². The highest BCUT2D eigenvalue weighted by molar-refractivity contribution is 5.48. The van der Waals surface area contributed by atoms with Crippen LogP contribution in [-0.4, -0.2) is 37.3 Å². The minimum atomic E-state index is 0.271. The van der Waals surface area contributed by atoms with E-state index in [1.807, 2.05) is 14.0 Å². The van der Waals surface area contributed by atoms with Crippen LogP contribution in [0.4, 0.5) is 5.82 Å². The van der Waals surface area contributed by atoms with E-state index in [1.165, 1.54) is 0 Å². The third kappa shape index (κ3) is 3.56. The Labute approximate surface area is 103 Å². The topological polar surface area (TPSA) is 56.3 Å². The second kappa shape index (κ2) is 6.39. The molecule has 0 atom stereocenters. The molecule has 17 heavy (non-hydrogen) atoms. The molecule has 0 bridgehead atoms. The van der Waals surface area contributed by atoms with Crippen molar-refractivity contribution in [2.75, 3.05) is 32.7 Å². The summed E-state index contributed by atoms with van der Waals surface area (Å²) in [4.78, 5) is 8.87. The second-order valence-electron chi connectivity index (χ2n) is 4.11.